The highest BCUT2D eigenvalue weighted by molar-refractivity contribution is 7.93. The third-order valence-electron chi connectivity index (χ3n) is 4.35. The number of amides is 1. The highest BCUT2D eigenvalue weighted by Crippen LogP contribution is 2.25. The minimum absolute atomic E-state index is 0.141. The van der Waals surface area contributed by atoms with Crippen LogP contribution in [0.4, 0.5) is 11.4 Å². The summed E-state index contributed by atoms with van der Waals surface area (Å²) in [6.45, 7) is 0.449. The van der Waals surface area contributed by atoms with Gasteiger partial charge in [0.15, 0.2) is 5.82 Å². The Balaban J connectivity index is 1.50. The zero-order chi connectivity index (χ0) is 19.7. The van der Waals surface area contributed by atoms with Gasteiger partial charge in [-0.25, -0.2) is 13.2 Å². The molecule has 0 unspecified atom stereocenters. The molecule has 0 aliphatic carbocycles. The maximum absolute atomic E-state index is 12.5. The Morgan fingerprint density at radius 3 is 2.61 bits per heavy atom. The third kappa shape index (κ3) is 3.54. The number of nitrogens with zero attached hydrogens (tertiary/aromatic N) is 2. The van der Waals surface area contributed by atoms with Crippen molar-refractivity contribution in [3.8, 4) is 11.4 Å². The van der Waals surface area contributed by atoms with E-state index in [1.165, 1.54) is 4.31 Å². The number of benzene rings is 2. The predicted octanol–water partition coefficient (Wildman–Crippen LogP) is 1.82. The van der Waals surface area contributed by atoms with Crippen LogP contribution in [0.1, 0.15) is 16.8 Å². The highest BCUT2D eigenvalue weighted by Gasteiger charge is 2.28. The lowest BCUT2D eigenvalue weighted by atomic mass is 10.1. The molecular formula is C18H16N4O5S. The number of rotatable bonds is 4. The van der Waals surface area contributed by atoms with Gasteiger partial charge in [-0.05, 0) is 42.8 Å². The molecule has 1 aliphatic rings. The summed E-state index contributed by atoms with van der Waals surface area (Å²) >= 11 is 0. The first-order valence-corrected chi connectivity index (χ1v) is 10.1. The summed E-state index contributed by atoms with van der Waals surface area (Å²) < 4.78 is 29.8. The molecule has 10 heteroatoms. The van der Waals surface area contributed by atoms with E-state index in [2.05, 4.69) is 20.0 Å². The minimum Gasteiger partial charge on any atom is -0.322 e. The standard InChI is InChI=1S/C18H16N4O5S/c23-17(12-5-7-15(8-6-12)22-9-2-10-28(22,25)26)19-14-4-1-3-13(11-14)16-20-18(24)27-21-16/h1,3-8,11H,2,9-10H2,(H,19,23)(H,20,21,24). The van der Waals surface area contributed by atoms with Crippen molar-refractivity contribution in [1.29, 1.82) is 0 Å². The summed E-state index contributed by atoms with van der Waals surface area (Å²) in [5.41, 5.74) is 2.03. The molecule has 28 heavy (non-hydrogen) atoms. The molecule has 1 aliphatic heterocycles. The number of aromatic nitrogens is 2. The van der Waals surface area contributed by atoms with Crippen LogP contribution in [-0.2, 0) is 10.0 Å². The van der Waals surface area contributed by atoms with Gasteiger partial charge < -0.3 is 5.32 Å². The van der Waals surface area contributed by atoms with Gasteiger partial charge in [0, 0.05) is 23.4 Å². The maximum Gasteiger partial charge on any atom is 0.439 e. The molecule has 144 valence electrons. The van der Waals surface area contributed by atoms with E-state index in [0.717, 1.165) is 0 Å². The molecule has 0 saturated carbocycles. The summed E-state index contributed by atoms with van der Waals surface area (Å²) in [4.78, 5) is 26.0. The van der Waals surface area contributed by atoms with Gasteiger partial charge in [-0.2, -0.15) is 0 Å². The number of hydrogen-bond donors (Lipinski definition) is 2. The smallest absolute Gasteiger partial charge is 0.322 e. The highest BCUT2D eigenvalue weighted by atomic mass is 32.2. The number of hydrogen-bond acceptors (Lipinski definition) is 6. The van der Waals surface area contributed by atoms with E-state index in [4.69, 9.17) is 0 Å². The van der Waals surface area contributed by atoms with Crippen LogP contribution in [-0.4, -0.2) is 36.8 Å². The van der Waals surface area contributed by atoms with Gasteiger partial charge in [-0.15, -0.1) is 0 Å². The first-order valence-electron chi connectivity index (χ1n) is 8.51. The number of aromatic amines is 1. The Bertz CT molecular complexity index is 1180. The van der Waals surface area contributed by atoms with Crippen molar-refractivity contribution in [3.05, 3.63) is 64.6 Å². The number of carbonyl (C=O) groups is 1. The van der Waals surface area contributed by atoms with Crippen molar-refractivity contribution < 1.29 is 17.7 Å². The lowest BCUT2D eigenvalue weighted by Gasteiger charge is -2.17. The molecule has 2 heterocycles. The fourth-order valence-electron chi connectivity index (χ4n) is 3.01. The molecule has 1 fully saturated rings. The Morgan fingerprint density at radius 2 is 1.96 bits per heavy atom. The second-order valence-electron chi connectivity index (χ2n) is 6.27. The van der Waals surface area contributed by atoms with Gasteiger partial charge in [0.2, 0.25) is 10.0 Å². The number of anilines is 2. The Kier molecular flexibility index (Phi) is 4.47. The van der Waals surface area contributed by atoms with Crippen LogP contribution in [0.25, 0.3) is 11.4 Å². The van der Waals surface area contributed by atoms with Crippen LogP contribution in [0.15, 0.2) is 57.8 Å². The van der Waals surface area contributed by atoms with Crippen LogP contribution in [0.5, 0.6) is 0 Å². The Morgan fingerprint density at radius 1 is 1.18 bits per heavy atom. The molecule has 1 amide bonds. The van der Waals surface area contributed by atoms with Crippen LogP contribution >= 0.6 is 0 Å². The maximum atomic E-state index is 12.5. The lowest BCUT2D eigenvalue weighted by Crippen LogP contribution is -2.25. The largest absolute Gasteiger partial charge is 0.439 e. The van der Waals surface area contributed by atoms with Gasteiger partial charge in [0.05, 0.1) is 11.4 Å². The number of carbonyl (C=O) groups excluding carboxylic acids is 1. The summed E-state index contributed by atoms with van der Waals surface area (Å²) in [7, 11) is -3.26. The van der Waals surface area contributed by atoms with E-state index in [1.54, 1.807) is 48.5 Å². The molecule has 3 aromatic rings. The first-order chi connectivity index (χ1) is 13.4. The first kappa shape index (κ1) is 18.0. The van der Waals surface area contributed by atoms with E-state index in [9.17, 15) is 18.0 Å². The quantitative estimate of drug-likeness (QED) is 0.688. The average Bonchev–Trinajstić information content (AvgIpc) is 3.27. The Hall–Kier alpha value is -3.40. The molecule has 0 bridgehead atoms. The summed E-state index contributed by atoms with van der Waals surface area (Å²) in [6, 6.07) is 13.2. The number of H-pyrrole nitrogens is 1. The van der Waals surface area contributed by atoms with Crippen LogP contribution < -0.4 is 15.4 Å². The summed E-state index contributed by atoms with van der Waals surface area (Å²) in [6.07, 6.45) is 0.595. The van der Waals surface area contributed by atoms with Crippen molar-refractivity contribution in [1.82, 2.24) is 10.1 Å². The Labute approximate surface area is 160 Å². The van der Waals surface area contributed by atoms with E-state index in [0.29, 0.717) is 35.5 Å². The lowest BCUT2D eigenvalue weighted by molar-refractivity contribution is 0.102. The zero-order valence-corrected chi connectivity index (χ0v) is 15.4. The molecule has 0 radical (unpaired) electrons. The minimum atomic E-state index is -3.26. The molecule has 1 saturated heterocycles. The van der Waals surface area contributed by atoms with E-state index in [1.807, 2.05) is 0 Å². The molecule has 2 aromatic carbocycles. The fourth-order valence-corrected chi connectivity index (χ4v) is 4.57. The van der Waals surface area contributed by atoms with E-state index in [-0.39, 0.29) is 17.5 Å². The van der Waals surface area contributed by atoms with Crippen molar-refractivity contribution in [2.24, 2.45) is 0 Å². The van der Waals surface area contributed by atoms with Gasteiger partial charge in [-0.3, -0.25) is 18.6 Å². The van der Waals surface area contributed by atoms with E-state index < -0.39 is 15.8 Å². The number of nitrogens with one attached hydrogen (secondary N) is 2. The van der Waals surface area contributed by atoms with Crippen molar-refractivity contribution in [3.63, 3.8) is 0 Å². The topological polar surface area (TPSA) is 125 Å². The zero-order valence-electron chi connectivity index (χ0n) is 14.6. The van der Waals surface area contributed by atoms with Crippen LogP contribution in [0.2, 0.25) is 0 Å². The average molecular weight is 400 g/mol. The van der Waals surface area contributed by atoms with Crippen molar-refractivity contribution in [2.75, 3.05) is 21.9 Å². The monoisotopic (exact) mass is 400 g/mol. The fraction of sp³-hybridized carbons (Fsp3) is 0.167. The molecule has 0 atom stereocenters. The second kappa shape index (κ2) is 6.97. The molecule has 9 nitrogen and oxygen atoms in total. The van der Waals surface area contributed by atoms with Crippen molar-refractivity contribution >= 4 is 27.3 Å². The van der Waals surface area contributed by atoms with Gasteiger partial charge in [-0.1, -0.05) is 17.3 Å². The third-order valence-corrected chi connectivity index (χ3v) is 6.22. The van der Waals surface area contributed by atoms with Gasteiger partial charge in [0.25, 0.3) is 5.91 Å². The SMILES string of the molecule is O=C(Nc1cccc(-c2noc(=O)[nH]2)c1)c1ccc(N2CCCS2(=O)=O)cc1. The molecular weight excluding hydrogens is 384 g/mol. The summed E-state index contributed by atoms with van der Waals surface area (Å²) in [5, 5.41) is 6.37. The molecule has 0 spiro atoms. The van der Waals surface area contributed by atoms with Gasteiger partial charge >= 0.3 is 5.76 Å². The molecule has 1 aromatic heterocycles. The predicted molar refractivity (Wildman–Crippen MR) is 103 cm³/mol. The normalized spacial score (nSPS) is 15.5. The summed E-state index contributed by atoms with van der Waals surface area (Å²) in [5.74, 6) is -0.606. The molecule has 2 N–H and O–H groups in total. The van der Waals surface area contributed by atoms with Crippen LogP contribution in [0, 0.1) is 0 Å². The van der Waals surface area contributed by atoms with E-state index >= 15 is 0 Å². The van der Waals surface area contributed by atoms with Gasteiger partial charge in [0.1, 0.15) is 0 Å². The van der Waals surface area contributed by atoms with Crippen molar-refractivity contribution in [2.45, 2.75) is 6.42 Å². The molecule has 4 rings (SSSR count). The van der Waals surface area contributed by atoms with Crippen LogP contribution in [0.3, 0.4) is 0 Å². The number of sulfonamides is 1. The second-order valence-corrected chi connectivity index (χ2v) is 8.28.